The summed E-state index contributed by atoms with van der Waals surface area (Å²) in [7, 11) is 0. The monoisotopic (exact) mass is 349 g/mol. The lowest BCUT2D eigenvalue weighted by atomic mass is 10.3. The second kappa shape index (κ2) is 6.47. The van der Waals surface area contributed by atoms with E-state index >= 15 is 0 Å². The van der Waals surface area contributed by atoms with Crippen LogP contribution in [0.2, 0.25) is 0 Å². The van der Waals surface area contributed by atoms with Gasteiger partial charge in [-0.2, -0.15) is 39.4 Å². The van der Waals surface area contributed by atoms with Crippen molar-refractivity contribution in [2.24, 2.45) is 0 Å². The Morgan fingerprint density at radius 3 is 3.05 bits per heavy atom. The fourth-order valence-electron chi connectivity index (χ4n) is 2.33. The van der Waals surface area contributed by atoms with Crippen molar-refractivity contribution >= 4 is 46.3 Å². The number of rotatable bonds is 4. The van der Waals surface area contributed by atoms with E-state index in [1.54, 1.807) is 11.3 Å². The number of anilines is 1. The molecule has 3 aromatic rings. The SMILES string of the molecule is c1cc(-c2nnc3ccc(NCC4CSCCS4)nn23)cs1. The largest absolute Gasteiger partial charge is 0.367 e. The molecule has 3 aromatic heterocycles. The zero-order valence-corrected chi connectivity index (χ0v) is 14.3. The molecule has 4 rings (SSSR count). The summed E-state index contributed by atoms with van der Waals surface area (Å²) < 4.78 is 1.81. The smallest absolute Gasteiger partial charge is 0.186 e. The third-order valence-electron chi connectivity index (χ3n) is 3.44. The summed E-state index contributed by atoms with van der Waals surface area (Å²) in [6, 6.07) is 5.97. The third kappa shape index (κ3) is 2.95. The zero-order valence-electron chi connectivity index (χ0n) is 11.8. The van der Waals surface area contributed by atoms with Crippen molar-refractivity contribution in [3.63, 3.8) is 0 Å². The van der Waals surface area contributed by atoms with E-state index in [0.29, 0.717) is 5.25 Å². The Hall–Kier alpha value is -1.25. The molecule has 0 bridgehead atoms. The van der Waals surface area contributed by atoms with Crippen molar-refractivity contribution in [1.82, 2.24) is 19.8 Å². The summed E-state index contributed by atoms with van der Waals surface area (Å²) in [5.41, 5.74) is 1.83. The minimum Gasteiger partial charge on any atom is -0.367 e. The molecule has 0 aliphatic carbocycles. The van der Waals surface area contributed by atoms with Crippen LogP contribution in [-0.2, 0) is 0 Å². The highest BCUT2D eigenvalue weighted by Crippen LogP contribution is 2.24. The molecule has 1 aliphatic heterocycles. The van der Waals surface area contributed by atoms with Gasteiger partial charge >= 0.3 is 0 Å². The molecule has 0 saturated carbocycles. The highest BCUT2D eigenvalue weighted by atomic mass is 32.2. The number of aromatic nitrogens is 4. The molecule has 22 heavy (non-hydrogen) atoms. The van der Waals surface area contributed by atoms with E-state index in [1.165, 1.54) is 17.3 Å². The Bertz CT molecular complexity index is 749. The first kappa shape index (κ1) is 14.3. The van der Waals surface area contributed by atoms with Gasteiger partial charge in [-0.25, -0.2) is 0 Å². The Labute approximate surface area is 140 Å². The first-order chi connectivity index (χ1) is 10.9. The number of thiophene rings is 1. The molecule has 114 valence electrons. The molecule has 4 heterocycles. The van der Waals surface area contributed by atoms with E-state index < -0.39 is 0 Å². The molecule has 1 aliphatic rings. The molecule has 0 amide bonds. The van der Waals surface area contributed by atoms with Gasteiger partial charge in [-0.3, -0.25) is 0 Å². The van der Waals surface area contributed by atoms with Gasteiger partial charge in [0.25, 0.3) is 0 Å². The van der Waals surface area contributed by atoms with Crippen LogP contribution in [0.1, 0.15) is 0 Å². The van der Waals surface area contributed by atoms with E-state index in [1.807, 2.05) is 51.6 Å². The Morgan fingerprint density at radius 2 is 2.23 bits per heavy atom. The molecule has 1 saturated heterocycles. The minimum atomic E-state index is 0.661. The van der Waals surface area contributed by atoms with E-state index in [4.69, 9.17) is 0 Å². The summed E-state index contributed by atoms with van der Waals surface area (Å²) in [6.45, 7) is 0.950. The van der Waals surface area contributed by atoms with Crippen molar-refractivity contribution in [1.29, 1.82) is 0 Å². The maximum Gasteiger partial charge on any atom is 0.186 e. The molecule has 0 aromatic carbocycles. The van der Waals surface area contributed by atoms with Crippen LogP contribution in [0.5, 0.6) is 0 Å². The lowest BCUT2D eigenvalue weighted by Crippen LogP contribution is -2.23. The maximum absolute atomic E-state index is 4.64. The van der Waals surface area contributed by atoms with Gasteiger partial charge in [0, 0.05) is 40.0 Å². The summed E-state index contributed by atoms with van der Waals surface area (Å²) >= 11 is 5.74. The molecule has 0 radical (unpaired) electrons. The van der Waals surface area contributed by atoms with Gasteiger partial charge in [0.15, 0.2) is 11.5 Å². The van der Waals surface area contributed by atoms with Gasteiger partial charge in [0.05, 0.1) is 0 Å². The van der Waals surface area contributed by atoms with Crippen LogP contribution < -0.4 is 5.32 Å². The van der Waals surface area contributed by atoms with Crippen molar-refractivity contribution in [2.75, 3.05) is 29.1 Å². The topological polar surface area (TPSA) is 55.1 Å². The van der Waals surface area contributed by atoms with Gasteiger partial charge in [0.1, 0.15) is 5.82 Å². The highest BCUT2D eigenvalue weighted by molar-refractivity contribution is 8.06. The highest BCUT2D eigenvalue weighted by Gasteiger charge is 2.15. The Kier molecular flexibility index (Phi) is 4.22. The van der Waals surface area contributed by atoms with E-state index in [-0.39, 0.29) is 0 Å². The lowest BCUT2D eigenvalue weighted by Gasteiger charge is -2.21. The number of nitrogens with one attached hydrogen (secondary N) is 1. The lowest BCUT2D eigenvalue weighted by molar-refractivity contribution is 0.914. The number of fused-ring (bicyclic) bond motifs is 1. The van der Waals surface area contributed by atoms with Crippen molar-refractivity contribution < 1.29 is 0 Å². The fourth-order valence-corrected chi connectivity index (χ4v) is 5.57. The Morgan fingerprint density at radius 1 is 1.23 bits per heavy atom. The molecule has 5 nitrogen and oxygen atoms in total. The van der Waals surface area contributed by atoms with Crippen molar-refractivity contribution in [2.45, 2.75) is 5.25 Å². The number of hydrogen-bond acceptors (Lipinski definition) is 7. The van der Waals surface area contributed by atoms with Crippen molar-refractivity contribution in [3.8, 4) is 11.4 Å². The van der Waals surface area contributed by atoms with Gasteiger partial charge < -0.3 is 5.32 Å². The van der Waals surface area contributed by atoms with Gasteiger partial charge in [0.2, 0.25) is 0 Å². The summed E-state index contributed by atoms with van der Waals surface area (Å²) in [4.78, 5) is 0. The van der Waals surface area contributed by atoms with Crippen LogP contribution in [0.25, 0.3) is 17.0 Å². The van der Waals surface area contributed by atoms with Gasteiger partial charge in [-0.05, 0) is 23.6 Å². The summed E-state index contributed by atoms with van der Waals surface area (Å²) in [5.74, 6) is 5.41. The zero-order chi connectivity index (χ0) is 14.8. The second-order valence-electron chi connectivity index (χ2n) is 4.97. The van der Waals surface area contributed by atoms with Crippen LogP contribution in [-0.4, -0.2) is 48.9 Å². The summed E-state index contributed by atoms with van der Waals surface area (Å²) in [5, 5.41) is 21.3. The van der Waals surface area contributed by atoms with Crippen LogP contribution in [0, 0.1) is 0 Å². The van der Waals surface area contributed by atoms with Crippen LogP contribution in [0.15, 0.2) is 29.0 Å². The van der Waals surface area contributed by atoms with E-state index in [9.17, 15) is 0 Å². The summed E-state index contributed by atoms with van der Waals surface area (Å²) in [6.07, 6.45) is 0. The molecule has 8 heteroatoms. The molecule has 0 spiro atoms. The van der Waals surface area contributed by atoms with Gasteiger partial charge in [-0.1, -0.05) is 0 Å². The van der Waals surface area contributed by atoms with Gasteiger partial charge in [-0.15, -0.1) is 15.3 Å². The quantitative estimate of drug-likeness (QED) is 0.781. The first-order valence-electron chi connectivity index (χ1n) is 7.08. The normalized spacial score (nSPS) is 18.6. The predicted molar refractivity (Wildman–Crippen MR) is 96.2 cm³/mol. The third-order valence-corrected chi connectivity index (χ3v) is 6.97. The standard InChI is InChI=1S/C14H15N5S3/c1-2-13-16-17-14(10-3-4-20-8-10)19(13)18-12(1)15-7-11-9-21-5-6-22-11/h1-4,8,11H,5-7,9H2,(H,15,18). The van der Waals surface area contributed by atoms with E-state index in [2.05, 4.69) is 26.0 Å². The molecular formula is C14H15N5S3. The van der Waals surface area contributed by atoms with Crippen LogP contribution in [0.3, 0.4) is 0 Å². The average Bonchev–Trinajstić information content (AvgIpc) is 3.22. The van der Waals surface area contributed by atoms with Crippen LogP contribution >= 0.6 is 34.9 Å². The fraction of sp³-hybridized carbons (Fsp3) is 0.357. The number of thioether (sulfide) groups is 2. The number of nitrogens with zero attached hydrogens (tertiary/aromatic N) is 4. The van der Waals surface area contributed by atoms with Crippen molar-refractivity contribution in [3.05, 3.63) is 29.0 Å². The van der Waals surface area contributed by atoms with E-state index in [0.717, 1.165) is 29.4 Å². The second-order valence-corrected chi connectivity index (χ2v) is 8.31. The molecule has 1 N–H and O–H groups in total. The molecule has 1 atom stereocenters. The molecule has 1 fully saturated rings. The first-order valence-corrected chi connectivity index (χ1v) is 10.2. The average molecular weight is 350 g/mol. The Balaban J connectivity index is 1.55. The molecule has 1 unspecified atom stereocenters. The minimum absolute atomic E-state index is 0.661. The predicted octanol–water partition coefficient (Wildman–Crippen LogP) is 3.11. The number of hydrogen-bond donors (Lipinski definition) is 1. The maximum atomic E-state index is 4.64. The molecular weight excluding hydrogens is 334 g/mol. The van der Waals surface area contributed by atoms with Crippen LogP contribution in [0.4, 0.5) is 5.82 Å².